The van der Waals surface area contributed by atoms with E-state index in [1.807, 2.05) is 0 Å². The Bertz CT molecular complexity index is 777. The lowest BCUT2D eigenvalue weighted by Gasteiger charge is -2.39. The summed E-state index contributed by atoms with van der Waals surface area (Å²) in [6, 6.07) is 22.4. The molecule has 2 aromatic carbocycles. The summed E-state index contributed by atoms with van der Waals surface area (Å²) in [4.78, 5) is 0. The van der Waals surface area contributed by atoms with Gasteiger partial charge in [0.2, 0.25) is 0 Å². The standard InChI is InChI=1S/C38H60N/c1-3-5-7-9-11-13-15-17-19-27-33-39(35-37-29-23-21-24-30-37,36-38-31-25-22-26-32-38)34-28-20-18-16-14-12-10-8-6-4-2/h17-26,29-32H,3-16,27-28,33-36H2,1-2H3/q+1/b19-17+,20-18+. The minimum atomic E-state index is 1.10. The van der Waals surface area contributed by atoms with Crippen LogP contribution in [-0.2, 0) is 13.1 Å². The molecule has 1 nitrogen and oxygen atoms in total. The summed E-state index contributed by atoms with van der Waals surface area (Å²) in [5.41, 5.74) is 2.92. The van der Waals surface area contributed by atoms with E-state index in [1.165, 1.54) is 114 Å². The van der Waals surface area contributed by atoms with Crippen LogP contribution in [0.3, 0.4) is 0 Å². The normalized spacial score (nSPS) is 12.2. The lowest BCUT2D eigenvalue weighted by molar-refractivity contribution is -0.953. The number of allylic oxidation sites excluding steroid dienone is 2. The fourth-order valence-corrected chi connectivity index (χ4v) is 5.68. The summed E-state index contributed by atoms with van der Waals surface area (Å²) in [6.07, 6.45) is 31.2. The van der Waals surface area contributed by atoms with Crippen molar-refractivity contribution in [1.29, 1.82) is 0 Å². The number of quaternary nitrogens is 1. The molecule has 216 valence electrons. The summed E-state index contributed by atoms with van der Waals surface area (Å²) >= 11 is 0. The third-order valence-electron chi connectivity index (χ3n) is 8.04. The molecule has 0 N–H and O–H groups in total. The van der Waals surface area contributed by atoms with Crippen LogP contribution >= 0.6 is 0 Å². The van der Waals surface area contributed by atoms with Crippen molar-refractivity contribution in [3.63, 3.8) is 0 Å². The van der Waals surface area contributed by atoms with Gasteiger partial charge in [-0.15, -0.1) is 0 Å². The predicted molar refractivity (Wildman–Crippen MR) is 174 cm³/mol. The first-order valence-electron chi connectivity index (χ1n) is 16.5. The van der Waals surface area contributed by atoms with Crippen LogP contribution in [0.25, 0.3) is 0 Å². The Labute approximate surface area is 243 Å². The molecule has 0 atom stereocenters. The summed E-state index contributed by atoms with van der Waals surface area (Å²) in [7, 11) is 0. The van der Waals surface area contributed by atoms with Gasteiger partial charge in [0.15, 0.2) is 0 Å². The van der Waals surface area contributed by atoms with Gasteiger partial charge in [-0.2, -0.15) is 0 Å². The van der Waals surface area contributed by atoms with Crippen molar-refractivity contribution in [2.24, 2.45) is 0 Å². The number of hydrogen-bond donors (Lipinski definition) is 0. The Kier molecular flexibility index (Phi) is 19.2. The third-order valence-corrected chi connectivity index (χ3v) is 8.04. The highest BCUT2D eigenvalue weighted by Gasteiger charge is 2.27. The SMILES string of the molecule is CCCCCCCC/C=C/CC[N+](CC/C=C/CCCCCCCC)(Cc1ccccc1)Cc1ccccc1. The zero-order valence-electron chi connectivity index (χ0n) is 25.7. The van der Waals surface area contributed by atoms with Gasteiger partial charge in [0.25, 0.3) is 0 Å². The number of hydrogen-bond acceptors (Lipinski definition) is 0. The van der Waals surface area contributed by atoms with Crippen molar-refractivity contribution >= 4 is 0 Å². The highest BCUT2D eigenvalue weighted by Crippen LogP contribution is 2.22. The maximum absolute atomic E-state index is 2.48. The summed E-state index contributed by atoms with van der Waals surface area (Å²) in [5, 5.41) is 0. The monoisotopic (exact) mass is 530 g/mol. The molecule has 0 amide bonds. The van der Waals surface area contributed by atoms with Crippen LogP contribution in [-0.4, -0.2) is 17.6 Å². The fraction of sp³-hybridized carbons (Fsp3) is 0.579. The second-order valence-electron chi connectivity index (χ2n) is 11.7. The highest BCUT2D eigenvalue weighted by molar-refractivity contribution is 5.15. The van der Waals surface area contributed by atoms with Crippen LogP contribution in [0.4, 0.5) is 0 Å². The molecule has 0 spiro atoms. The zero-order valence-corrected chi connectivity index (χ0v) is 25.7. The molecule has 0 fully saturated rings. The van der Waals surface area contributed by atoms with E-state index in [-0.39, 0.29) is 0 Å². The molecule has 0 bridgehead atoms. The van der Waals surface area contributed by atoms with Gasteiger partial charge < -0.3 is 4.48 Å². The molecule has 0 aliphatic rings. The Morgan fingerprint density at radius 3 is 1.21 bits per heavy atom. The molecule has 0 unspecified atom stereocenters. The number of benzene rings is 2. The van der Waals surface area contributed by atoms with Crippen LogP contribution in [0, 0.1) is 0 Å². The molecule has 0 heterocycles. The first-order chi connectivity index (χ1) is 19.3. The van der Waals surface area contributed by atoms with Crippen molar-refractivity contribution in [2.75, 3.05) is 13.1 Å². The van der Waals surface area contributed by atoms with Gasteiger partial charge in [0.1, 0.15) is 13.1 Å². The Hall–Kier alpha value is -2.12. The average molecular weight is 531 g/mol. The summed E-state index contributed by atoms with van der Waals surface area (Å²) in [6.45, 7) is 9.19. The van der Waals surface area contributed by atoms with Gasteiger partial charge >= 0.3 is 0 Å². The number of unbranched alkanes of at least 4 members (excludes halogenated alkanes) is 12. The molecule has 0 saturated heterocycles. The van der Waals surface area contributed by atoms with Crippen LogP contribution in [0.15, 0.2) is 85.0 Å². The maximum atomic E-state index is 2.48. The Morgan fingerprint density at radius 2 is 0.795 bits per heavy atom. The van der Waals surface area contributed by atoms with Gasteiger partial charge in [-0.25, -0.2) is 0 Å². The van der Waals surface area contributed by atoms with Gasteiger partial charge in [-0.1, -0.05) is 163 Å². The van der Waals surface area contributed by atoms with Crippen molar-refractivity contribution < 1.29 is 4.48 Å². The van der Waals surface area contributed by atoms with Crippen LogP contribution in [0.1, 0.15) is 128 Å². The fourth-order valence-electron chi connectivity index (χ4n) is 5.68. The van der Waals surface area contributed by atoms with E-state index in [4.69, 9.17) is 0 Å². The van der Waals surface area contributed by atoms with E-state index >= 15 is 0 Å². The molecule has 0 aliphatic carbocycles. The Balaban J connectivity index is 1.97. The molecular weight excluding hydrogens is 470 g/mol. The molecule has 2 aromatic rings. The van der Waals surface area contributed by atoms with E-state index in [1.54, 1.807) is 0 Å². The van der Waals surface area contributed by atoms with Crippen molar-refractivity contribution in [3.8, 4) is 0 Å². The minimum absolute atomic E-state index is 1.10. The molecule has 2 rings (SSSR count). The second-order valence-corrected chi connectivity index (χ2v) is 11.7. The number of rotatable bonds is 24. The predicted octanol–water partition coefficient (Wildman–Crippen LogP) is 11.6. The molecular formula is C38H60N+. The van der Waals surface area contributed by atoms with Crippen LogP contribution in [0.2, 0.25) is 0 Å². The summed E-state index contributed by atoms with van der Waals surface area (Å²) < 4.78 is 1.12. The topological polar surface area (TPSA) is 0 Å². The quantitative estimate of drug-likeness (QED) is 0.0719. The highest BCUT2D eigenvalue weighted by atomic mass is 15.3. The molecule has 0 radical (unpaired) electrons. The van der Waals surface area contributed by atoms with E-state index in [0.717, 1.165) is 30.4 Å². The van der Waals surface area contributed by atoms with E-state index in [0.29, 0.717) is 0 Å². The minimum Gasteiger partial charge on any atom is -0.316 e. The van der Waals surface area contributed by atoms with Crippen LogP contribution < -0.4 is 0 Å². The molecule has 0 aromatic heterocycles. The van der Waals surface area contributed by atoms with Gasteiger partial charge in [-0.3, -0.25) is 0 Å². The molecule has 39 heavy (non-hydrogen) atoms. The van der Waals surface area contributed by atoms with Crippen molar-refractivity contribution in [1.82, 2.24) is 0 Å². The maximum Gasteiger partial charge on any atom is 0.105 e. The van der Waals surface area contributed by atoms with Gasteiger partial charge in [0.05, 0.1) is 13.1 Å². The van der Waals surface area contributed by atoms with Crippen molar-refractivity contribution in [3.05, 3.63) is 96.1 Å². The van der Waals surface area contributed by atoms with E-state index in [2.05, 4.69) is 98.8 Å². The Morgan fingerprint density at radius 1 is 0.436 bits per heavy atom. The largest absolute Gasteiger partial charge is 0.316 e. The van der Waals surface area contributed by atoms with Gasteiger partial charge in [-0.05, 0) is 25.7 Å². The average Bonchev–Trinajstić information content (AvgIpc) is 2.96. The van der Waals surface area contributed by atoms with Gasteiger partial charge in [0, 0.05) is 24.0 Å². The van der Waals surface area contributed by atoms with Crippen LogP contribution in [0.5, 0.6) is 0 Å². The van der Waals surface area contributed by atoms with E-state index < -0.39 is 0 Å². The molecule has 1 heteroatoms. The lowest BCUT2D eigenvalue weighted by Crippen LogP contribution is -2.47. The molecule has 0 aliphatic heterocycles. The zero-order chi connectivity index (χ0) is 27.7. The van der Waals surface area contributed by atoms with Crippen molar-refractivity contribution in [2.45, 2.75) is 130 Å². The first kappa shape index (κ1) is 33.1. The second kappa shape index (κ2) is 22.7. The molecule has 0 saturated carbocycles. The number of nitrogens with zero attached hydrogens (tertiary/aromatic N) is 1. The first-order valence-corrected chi connectivity index (χ1v) is 16.5. The third kappa shape index (κ3) is 16.6. The lowest BCUT2D eigenvalue weighted by atomic mass is 10.1. The van der Waals surface area contributed by atoms with E-state index in [9.17, 15) is 0 Å². The summed E-state index contributed by atoms with van der Waals surface area (Å²) in [5.74, 6) is 0. The smallest absolute Gasteiger partial charge is 0.105 e.